The molecule has 1 atom stereocenters. The Hall–Kier alpha value is -3.41. The summed E-state index contributed by atoms with van der Waals surface area (Å²) in [5.74, 6) is -0.771. The Morgan fingerprint density at radius 1 is 1.14 bits per heavy atom. The van der Waals surface area contributed by atoms with Gasteiger partial charge in [-0.1, -0.05) is 53.2 Å². The van der Waals surface area contributed by atoms with E-state index in [-0.39, 0.29) is 23.6 Å². The summed E-state index contributed by atoms with van der Waals surface area (Å²) in [5, 5.41) is 4.05. The van der Waals surface area contributed by atoms with E-state index < -0.39 is 0 Å². The third kappa shape index (κ3) is 3.17. The van der Waals surface area contributed by atoms with E-state index in [4.69, 9.17) is 9.26 Å². The lowest BCUT2D eigenvalue weighted by Crippen LogP contribution is -2.38. The molecule has 28 heavy (non-hydrogen) atoms. The van der Waals surface area contributed by atoms with Crippen molar-refractivity contribution >= 4 is 17.6 Å². The van der Waals surface area contributed by atoms with Crippen molar-refractivity contribution in [2.75, 3.05) is 18.6 Å². The highest BCUT2D eigenvalue weighted by molar-refractivity contribution is 6.06. The maximum absolute atomic E-state index is 13.1. The van der Waals surface area contributed by atoms with Gasteiger partial charge < -0.3 is 14.2 Å². The highest BCUT2D eigenvalue weighted by Crippen LogP contribution is 2.36. The fraction of sp³-hybridized carbons (Fsp3) is 0.227. The zero-order chi connectivity index (χ0) is 19.7. The van der Waals surface area contributed by atoms with Crippen LogP contribution in [0.5, 0.6) is 0 Å². The van der Waals surface area contributed by atoms with Crippen LogP contribution in [0.25, 0.3) is 11.3 Å². The molecule has 0 radical (unpaired) electrons. The second kappa shape index (κ2) is 7.31. The van der Waals surface area contributed by atoms with E-state index >= 15 is 0 Å². The van der Waals surface area contributed by atoms with Gasteiger partial charge in [0, 0.05) is 23.9 Å². The highest BCUT2D eigenvalue weighted by atomic mass is 16.5. The van der Waals surface area contributed by atoms with Crippen molar-refractivity contribution in [1.29, 1.82) is 0 Å². The van der Waals surface area contributed by atoms with Gasteiger partial charge in [0.15, 0.2) is 0 Å². The van der Waals surface area contributed by atoms with Gasteiger partial charge in [0.05, 0.1) is 13.0 Å². The molecule has 4 rings (SSSR count). The van der Waals surface area contributed by atoms with E-state index in [0.29, 0.717) is 24.3 Å². The van der Waals surface area contributed by atoms with Gasteiger partial charge in [-0.2, -0.15) is 0 Å². The number of nitrogens with zero attached hydrogens (tertiary/aromatic N) is 2. The minimum Gasteiger partial charge on any atom is -0.469 e. The molecule has 0 aliphatic carbocycles. The van der Waals surface area contributed by atoms with Crippen molar-refractivity contribution < 1.29 is 18.8 Å². The molecule has 0 N–H and O–H groups in total. The maximum Gasteiger partial charge on any atom is 0.313 e. The maximum atomic E-state index is 13.1. The van der Waals surface area contributed by atoms with Gasteiger partial charge >= 0.3 is 5.97 Å². The van der Waals surface area contributed by atoms with Crippen LogP contribution >= 0.6 is 0 Å². The first-order valence-corrected chi connectivity index (χ1v) is 9.11. The van der Waals surface area contributed by atoms with E-state index in [1.807, 2.05) is 55.5 Å². The summed E-state index contributed by atoms with van der Waals surface area (Å²) >= 11 is 0. The van der Waals surface area contributed by atoms with Gasteiger partial charge in [0.1, 0.15) is 5.69 Å². The van der Waals surface area contributed by atoms with Gasteiger partial charge in [0.2, 0.25) is 5.76 Å². The van der Waals surface area contributed by atoms with Gasteiger partial charge in [-0.15, -0.1) is 0 Å². The van der Waals surface area contributed by atoms with E-state index in [1.165, 1.54) is 7.11 Å². The smallest absolute Gasteiger partial charge is 0.313 e. The van der Waals surface area contributed by atoms with Crippen LogP contribution in [0.15, 0.2) is 59.1 Å². The summed E-state index contributed by atoms with van der Waals surface area (Å²) in [5.41, 5.74) is 4.13. The molecule has 2 heterocycles. The zero-order valence-electron chi connectivity index (χ0n) is 15.7. The lowest BCUT2D eigenvalue weighted by atomic mass is 9.90. The monoisotopic (exact) mass is 376 g/mol. The Labute approximate surface area is 162 Å². The third-order valence-electron chi connectivity index (χ3n) is 5.04. The number of benzene rings is 2. The molecule has 3 aromatic rings. The topological polar surface area (TPSA) is 72.6 Å². The molecule has 0 spiro atoms. The summed E-state index contributed by atoms with van der Waals surface area (Å²) in [6.07, 6.45) is 0.494. The number of carbonyl (C=O) groups excluding carboxylic acids is 2. The van der Waals surface area contributed by atoms with Gasteiger partial charge in [0.25, 0.3) is 5.91 Å². The van der Waals surface area contributed by atoms with Crippen molar-refractivity contribution in [2.24, 2.45) is 0 Å². The molecule has 6 nitrogen and oxygen atoms in total. The van der Waals surface area contributed by atoms with Crippen molar-refractivity contribution in [1.82, 2.24) is 5.16 Å². The highest BCUT2D eigenvalue weighted by Gasteiger charge is 2.34. The fourth-order valence-corrected chi connectivity index (χ4v) is 3.53. The number of anilines is 1. The van der Waals surface area contributed by atoms with Crippen molar-refractivity contribution in [3.8, 4) is 11.3 Å². The number of aryl methyl sites for hydroxylation is 1. The molecule has 1 aliphatic rings. The minimum absolute atomic E-state index is 0.168. The zero-order valence-corrected chi connectivity index (χ0v) is 15.7. The largest absolute Gasteiger partial charge is 0.469 e. The van der Waals surface area contributed by atoms with Crippen LogP contribution in [0.2, 0.25) is 0 Å². The van der Waals surface area contributed by atoms with Gasteiger partial charge in [-0.3, -0.25) is 9.59 Å². The molecule has 2 aromatic carbocycles. The number of fused-ring (bicyclic) bond motifs is 1. The van der Waals surface area contributed by atoms with Crippen LogP contribution in [0.3, 0.4) is 0 Å². The van der Waals surface area contributed by atoms with Crippen molar-refractivity contribution in [3.05, 3.63) is 71.5 Å². The van der Waals surface area contributed by atoms with Crippen molar-refractivity contribution in [2.45, 2.75) is 19.3 Å². The number of hydrogen-bond acceptors (Lipinski definition) is 5. The number of methoxy groups -OCH3 is 1. The number of ether oxygens (including phenoxy) is 1. The summed E-state index contributed by atoms with van der Waals surface area (Å²) in [6.45, 7) is 2.41. The normalized spacial score (nSPS) is 15.8. The van der Waals surface area contributed by atoms with E-state index in [0.717, 1.165) is 16.7 Å². The summed E-state index contributed by atoms with van der Waals surface area (Å²) < 4.78 is 10.3. The molecule has 0 unspecified atom stereocenters. The first kappa shape index (κ1) is 18.0. The van der Waals surface area contributed by atoms with Crippen LogP contribution in [-0.4, -0.2) is 30.7 Å². The lowest BCUT2D eigenvalue weighted by molar-refractivity contribution is -0.142. The van der Waals surface area contributed by atoms with Crippen LogP contribution in [0.4, 0.5) is 5.69 Å². The van der Waals surface area contributed by atoms with Crippen LogP contribution in [0, 0.1) is 6.92 Å². The van der Waals surface area contributed by atoms with Crippen molar-refractivity contribution in [3.63, 3.8) is 0 Å². The molecular weight excluding hydrogens is 356 g/mol. The molecule has 0 saturated carbocycles. The molecule has 142 valence electrons. The van der Waals surface area contributed by atoms with E-state index in [1.54, 1.807) is 11.0 Å². The lowest BCUT2D eigenvalue weighted by Gasteiger charge is -2.32. The second-order valence-electron chi connectivity index (χ2n) is 6.82. The first-order chi connectivity index (χ1) is 13.6. The number of esters is 1. The molecule has 0 fully saturated rings. The van der Waals surface area contributed by atoms with Crippen LogP contribution in [0.1, 0.15) is 34.0 Å². The van der Waals surface area contributed by atoms with Crippen LogP contribution in [-0.2, 0) is 9.53 Å². The molecule has 1 aromatic heterocycles. The van der Waals surface area contributed by atoms with Gasteiger partial charge in [-0.25, -0.2) is 0 Å². The average Bonchev–Trinajstić information content (AvgIpc) is 3.22. The fourth-order valence-electron chi connectivity index (χ4n) is 3.53. The molecule has 1 amide bonds. The predicted molar refractivity (Wildman–Crippen MR) is 104 cm³/mol. The minimum atomic E-state index is -0.372. The number of rotatable bonds is 3. The number of amides is 1. The molecule has 6 heteroatoms. The van der Waals surface area contributed by atoms with E-state index in [9.17, 15) is 9.59 Å². The van der Waals surface area contributed by atoms with E-state index in [2.05, 4.69) is 5.16 Å². The predicted octanol–water partition coefficient (Wildman–Crippen LogP) is 3.96. The first-order valence-electron chi connectivity index (χ1n) is 9.11. The molecule has 1 aliphatic heterocycles. The Morgan fingerprint density at radius 3 is 2.64 bits per heavy atom. The Morgan fingerprint density at radius 2 is 1.89 bits per heavy atom. The molecule has 0 bridgehead atoms. The SMILES string of the molecule is COC(=O)[C@H]1CCN(C(=O)c2cc(-c3ccc(C)cc3)no2)c2ccccc21. The summed E-state index contributed by atoms with van der Waals surface area (Å²) in [4.78, 5) is 26.8. The van der Waals surface area contributed by atoms with Crippen LogP contribution < -0.4 is 4.90 Å². The van der Waals surface area contributed by atoms with Gasteiger partial charge in [-0.05, 0) is 25.0 Å². The third-order valence-corrected chi connectivity index (χ3v) is 5.04. The summed E-state index contributed by atoms with van der Waals surface area (Å²) in [7, 11) is 1.38. The Balaban J connectivity index is 1.63. The number of para-hydroxylation sites is 1. The molecular formula is C22H20N2O4. The number of aromatic nitrogens is 1. The standard InChI is InChI=1S/C22H20N2O4/c1-14-7-9-15(10-8-14)18-13-20(28-23-18)21(25)24-12-11-17(22(26)27-2)16-5-3-4-6-19(16)24/h3-10,13,17H,11-12H2,1-2H3/t17-/m0/s1. The Bertz CT molecular complexity index is 1020. The second-order valence-corrected chi connectivity index (χ2v) is 6.82. The Kier molecular flexibility index (Phi) is 4.69. The number of carbonyl (C=O) groups is 2. The average molecular weight is 376 g/mol. The molecule has 0 saturated heterocycles. The summed E-state index contributed by atoms with van der Waals surface area (Å²) in [6, 6.07) is 16.9. The quantitative estimate of drug-likeness (QED) is 0.647. The number of hydrogen-bond donors (Lipinski definition) is 0.